The lowest BCUT2D eigenvalue weighted by molar-refractivity contribution is -0.136. The summed E-state index contributed by atoms with van der Waals surface area (Å²) in [5.74, 6) is -0.689. The molecule has 0 unspecified atom stereocenters. The molecule has 1 amide bonds. The number of rotatable bonds is 6. The zero-order valence-electron chi connectivity index (χ0n) is 22.0. The van der Waals surface area contributed by atoms with Gasteiger partial charge in [-0.2, -0.15) is 0 Å². The van der Waals surface area contributed by atoms with E-state index >= 15 is 0 Å². The number of hydrogen-bond acceptors (Lipinski definition) is 7. The fourth-order valence-electron chi connectivity index (χ4n) is 5.39. The van der Waals surface area contributed by atoms with Crippen molar-refractivity contribution in [3.05, 3.63) is 76.9 Å². The number of anilines is 1. The van der Waals surface area contributed by atoms with Gasteiger partial charge in [-0.1, -0.05) is 29.0 Å². The van der Waals surface area contributed by atoms with Gasteiger partial charge >= 0.3 is 5.97 Å². The quantitative estimate of drug-likeness (QED) is 0.462. The fraction of sp³-hybridized carbons (Fsp3) is 0.429. The van der Waals surface area contributed by atoms with Crippen LogP contribution in [-0.2, 0) is 16.1 Å². The lowest BCUT2D eigenvalue weighted by Crippen LogP contribution is -2.53. The highest BCUT2D eigenvalue weighted by atomic mass is 19.1. The van der Waals surface area contributed by atoms with E-state index in [1.807, 2.05) is 4.90 Å². The Balaban J connectivity index is 1.33. The lowest BCUT2D eigenvalue weighted by atomic mass is 10.0. The molecule has 2 saturated heterocycles. The number of nitrogens with zero attached hydrogens (tertiary/aromatic N) is 6. The molecule has 38 heavy (non-hydrogen) atoms. The molecule has 0 saturated carbocycles. The van der Waals surface area contributed by atoms with Gasteiger partial charge in [0, 0.05) is 45.0 Å². The van der Waals surface area contributed by atoms with Crippen LogP contribution in [0.4, 0.5) is 10.1 Å². The normalized spacial score (nSPS) is 20.1. The molecule has 5 rings (SSSR count). The van der Waals surface area contributed by atoms with Crippen molar-refractivity contribution in [1.29, 1.82) is 0 Å². The van der Waals surface area contributed by atoms with Crippen LogP contribution in [0.5, 0.6) is 0 Å². The van der Waals surface area contributed by atoms with Gasteiger partial charge in [0.1, 0.15) is 5.82 Å². The van der Waals surface area contributed by atoms with Gasteiger partial charge in [-0.05, 0) is 55.7 Å². The maximum Gasteiger partial charge on any atom is 0.360 e. The summed E-state index contributed by atoms with van der Waals surface area (Å²) in [5, 5.41) is 8.14. The van der Waals surface area contributed by atoms with Gasteiger partial charge in [0.25, 0.3) is 0 Å². The van der Waals surface area contributed by atoms with E-state index in [-0.39, 0.29) is 29.5 Å². The molecule has 3 aromatic rings. The summed E-state index contributed by atoms with van der Waals surface area (Å²) < 4.78 is 19.8. The van der Waals surface area contributed by atoms with Crippen LogP contribution in [0.2, 0.25) is 0 Å². The van der Waals surface area contributed by atoms with Crippen LogP contribution < -0.4 is 4.90 Å². The number of benzene rings is 2. The minimum Gasteiger partial charge on any atom is -0.464 e. The van der Waals surface area contributed by atoms with Crippen molar-refractivity contribution in [2.75, 3.05) is 44.7 Å². The van der Waals surface area contributed by atoms with Gasteiger partial charge in [0.15, 0.2) is 5.69 Å². The monoisotopic (exact) mass is 520 g/mol. The summed E-state index contributed by atoms with van der Waals surface area (Å²) >= 11 is 0. The highest BCUT2D eigenvalue weighted by molar-refractivity contribution is 5.86. The molecule has 2 aromatic carbocycles. The van der Waals surface area contributed by atoms with E-state index in [0.717, 1.165) is 5.69 Å². The molecule has 0 aliphatic carbocycles. The van der Waals surface area contributed by atoms with Crippen LogP contribution in [0.15, 0.2) is 48.7 Å². The number of esters is 1. The highest BCUT2D eigenvalue weighted by Crippen LogP contribution is 2.31. The minimum absolute atomic E-state index is 0.0968. The Labute approximate surface area is 221 Å². The predicted octanol–water partition coefficient (Wildman–Crippen LogP) is 2.99. The molecule has 2 atom stereocenters. The number of halogens is 1. The van der Waals surface area contributed by atoms with Crippen LogP contribution >= 0.6 is 0 Å². The zero-order chi connectivity index (χ0) is 26.8. The zero-order valence-corrected chi connectivity index (χ0v) is 22.0. The number of aromatic nitrogens is 3. The molecule has 2 aliphatic rings. The molecule has 3 heterocycles. The maximum absolute atomic E-state index is 13.9. The van der Waals surface area contributed by atoms with Gasteiger partial charge in [-0.15, -0.1) is 5.10 Å². The van der Waals surface area contributed by atoms with Crippen molar-refractivity contribution in [2.45, 2.75) is 38.9 Å². The number of amides is 1. The predicted molar refractivity (Wildman–Crippen MR) is 140 cm³/mol. The first kappa shape index (κ1) is 25.8. The molecule has 1 aromatic heterocycles. The Kier molecular flexibility index (Phi) is 7.42. The van der Waals surface area contributed by atoms with Crippen molar-refractivity contribution >= 4 is 17.6 Å². The smallest absolute Gasteiger partial charge is 0.360 e. The Hall–Kier alpha value is -3.79. The first-order valence-corrected chi connectivity index (χ1v) is 12.9. The molecule has 0 spiro atoms. The first-order valence-electron chi connectivity index (χ1n) is 12.9. The largest absolute Gasteiger partial charge is 0.464 e. The molecule has 2 aliphatic heterocycles. The van der Waals surface area contributed by atoms with Gasteiger partial charge in [0.05, 0.1) is 25.4 Å². The standard InChI is InChI=1S/C28H33FN6O3/c1-19-4-5-20(2)21(14-19)16-34-17-24(35-18-25(30-31-35)28(37)38-3)15-26(34)27(36)33-12-10-32(11-13-33)23-8-6-22(29)7-9-23/h4-9,14,18,24,26H,10-13,15-17H2,1-3H3/t24-,26+/m1/s1. The molecule has 2 fully saturated rings. The first-order chi connectivity index (χ1) is 18.3. The van der Waals surface area contributed by atoms with Crippen molar-refractivity contribution in [3.8, 4) is 0 Å². The summed E-state index contributed by atoms with van der Waals surface area (Å²) in [6.07, 6.45) is 2.17. The second-order valence-corrected chi connectivity index (χ2v) is 10.1. The molecule has 0 N–H and O–H groups in total. The van der Waals surface area contributed by atoms with E-state index in [1.54, 1.807) is 23.0 Å². The third-order valence-electron chi connectivity index (χ3n) is 7.61. The number of ether oxygens (including phenoxy) is 1. The number of carbonyl (C=O) groups is 2. The summed E-state index contributed by atoms with van der Waals surface area (Å²) in [6, 6.07) is 12.5. The second-order valence-electron chi connectivity index (χ2n) is 10.1. The molecule has 10 heteroatoms. The van der Waals surface area contributed by atoms with Gasteiger partial charge in [0.2, 0.25) is 5.91 Å². The Morgan fingerprint density at radius 2 is 1.79 bits per heavy atom. The number of piperazine rings is 1. The van der Waals surface area contributed by atoms with E-state index in [4.69, 9.17) is 4.74 Å². The number of hydrogen-bond donors (Lipinski definition) is 0. The molecule has 0 bridgehead atoms. The minimum atomic E-state index is -0.534. The molecule has 9 nitrogen and oxygen atoms in total. The maximum atomic E-state index is 13.9. The average Bonchev–Trinajstić information content (AvgIpc) is 3.58. The average molecular weight is 521 g/mol. The van der Waals surface area contributed by atoms with E-state index in [0.29, 0.717) is 45.7 Å². The topological polar surface area (TPSA) is 83.8 Å². The van der Waals surface area contributed by atoms with Crippen molar-refractivity contribution in [3.63, 3.8) is 0 Å². The van der Waals surface area contributed by atoms with Crippen molar-refractivity contribution in [1.82, 2.24) is 24.8 Å². The van der Waals surface area contributed by atoms with Gasteiger partial charge < -0.3 is 14.5 Å². The molecule has 200 valence electrons. The number of likely N-dealkylation sites (tertiary alicyclic amines) is 1. The van der Waals surface area contributed by atoms with Crippen molar-refractivity contribution in [2.24, 2.45) is 0 Å². The van der Waals surface area contributed by atoms with Crippen molar-refractivity contribution < 1.29 is 18.7 Å². The third-order valence-corrected chi connectivity index (χ3v) is 7.61. The van der Waals surface area contributed by atoms with E-state index in [2.05, 4.69) is 52.2 Å². The third kappa shape index (κ3) is 5.40. The SMILES string of the molecule is COC(=O)c1cn([C@@H]2C[C@@H](C(=O)N3CCN(c4ccc(F)cc4)CC3)N(Cc3cc(C)ccc3C)C2)nn1. The van der Waals surface area contributed by atoms with Crippen LogP contribution in [0.1, 0.15) is 39.6 Å². The molecular formula is C28H33FN6O3. The Morgan fingerprint density at radius 3 is 2.50 bits per heavy atom. The van der Waals surface area contributed by atoms with Gasteiger partial charge in [-0.25, -0.2) is 13.9 Å². The fourth-order valence-corrected chi connectivity index (χ4v) is 5.39. The number of methoxy groups -OCH3 is 1. The van der Waals surface area contributed by atoms with Crippen LogP contribution in [0.25, 0.3) is 0 Å². The molecular weight excluding hydrogens is 487 g/mol. The Bertz CT molecular complexity index is 1300. The van der Waals surface area contributed by atoms with E-state index < -0.39 is 5.97 Å². The van der Waals surface area contributed by atoms with Crippen LogP contribution in [0.3, 0.4) is 0 Å². The summed E-state index contributed by atoms with van der Waals surface area (Å²) in [4.78, 5) is 32.1. The lowest BCUT2D eigenvalue weighted by Gasteiger charge is -2.38. The van der Waals surface area contributed by atoms with E-state index in [1.165, 1.54) is 35.9 Å². The van der Waals surface area contributed by atoms with Gasteiger partial charge in [-0.3, -0.25) is 9.69 Å². The number of carbonyl (C=O) groups excluding carboxylic acids is 2. The second kappa shape index (κ2) is 10.9. The molecule has 0 radical (unpaired) electrons. The van der Waals surface area contributed by atoms with Crippen LogP contribution in [0, 0.1) is 19.7 Å². The van der Waals surface area contributed by atoms with Crippen LogP contribution in [-0.4, -0.2) is 82.5 Å². The Morgan fingerprint density at radius 1 is 1.05 bits per heavy atom. The summed E-state index contributed by atoms with van der Waals surface area (Å²) in [7, 11) is 1.31. The number of aryl methyl sites for hydroxylation is 2. The summed E-state index contributed by atoms with van der Waals surface area (Å²) in [5.41, 5.74) is 4.68. The highest BCUT2D eigenvalue weighted by Gasteiger charge is 2.41. The van der Waals surface area contributed by atoms with E-state index in [9.17, 15) is 14.0 Å². The summed E-state index contributed by atoms with van der Waals surface area (Å²) in [6.45, 7) is 8.01.